The lowest BCUT2D eigenvalue weighted by molar-refractivity contribution is 0.176. The van der Waals surface area contributed by atoms with Gasteiger partial charge in [0.15, 0.2) is 0 Å². The summed E-state index contributed by atoms with van der Waals surface area (Å²) in [5.41, 5.74) is 0.905. The summed E-state index contributed by atoms with van der Waals surface area (Å²) in [7, 11) is 0. The molecule has 0 radical (unpaired) electrons. The molecule has 0 aliphatic carbocycles. The fraction of sp³-hybridized carbons (Fsp3) is 0.357. The van der Waals surface area contributed by atoms with Gasteiger partial charge in [0.2, 0.25) is 0 Å². The third kappa shape index (κ3) is 3.38. The predicted molar refractivity (Wildman–Crippen MR) is 67.6 cm³/mol. The van der Waals surface area contributed by atoms with E-state index in [2.05, 4.69) is 5.10 Å². The van der Waals surface area contributed by atoms with Crippen LogP contribution in [0.3, 0.4) is 0 Å². The van der Waals surface area contributed by atoms with Gasteiger partial charge in [0.25, 0.3) is 0 Å². The summed E-state index contributed by atoms with van der Waals surface area (Å²) in [6.45, 7) is 3.99. The van der Waals surface area contributed by atoms with E-state index in [9.17, 15) is 13.9 Å². The number of hydrogen-bond acceptors (Lipinski definition) is 2. The third-order valence-corrected chi connectivity index (χ3v) is 2.86. The molecule has 0 bridgehead atoms. The molecule has 2 aromatic rings. The van der Waals surface area contributed by atoms with Crippen molar-refractivity contribution in [3.05, 3.63) is 53.4 Å². The number of aromatic nitrogens is 2. The summed E-state index contributed by atoms with van der Waals surface area (Å²) in [4.78, 5) is 0. The van der Waals surface area contributed by atoms with E-state index in [-0.39, 0.29) is 18.0 Å². The molecule has 2 rings (SSSR count). The molecular weight excluding hydrogens is 250 g/mol. The van der Waals surface area contributed by atoms with Crippen LogP contribution in [0.4, 0.5) is 8.78 Å². The van der Waals surface area contributed by atoms with Crippen molar-refractivity contribution in [1.82, 2.24) is 9.78 Å². The lowest BCUT2D eigenvalue weighted by Gasteiger charge is -2.10. The van der Waals surface area contributed by atoms with Crippen molar-refractivity contribution in [3.63, 3.8) is 0 Å². The van der Waals surface area contributed by atoms with Gasteiger partial charge in [-0.05, 0) is 37.6 Å². The van der Waals surface area contributed by atoms with Crippen LogP contribution in [-0.4, -0.2) is 14.9 Å². The molecule has 1 heterocycles. The van der Waals surface area contributed by atoms with E-state index in [4.69, 9.17) is 0 Å². The lowest BCUT2D eigenvalue weighted by Crippen LogP contribution is -2.06. The van der Waals surface area contributed by atoms with Crippen molar-refractivity contribution >= 4 is 0 Å². The molecule has 0 aliphatic heterocycles. The van der Waals surface area contributed by atoms with Crippen LogP contribution in [0.1, 0.15) is 37.3 Å². The molecule has 0 saturated carbocycles. The summed E-state index contributed by atoms with van der Waals surface area (Å²) in [6, 6.07) is 5.07. The maximum atomic E-state index is 13.1. The van der Waals surface area contributed by atoms with Gasteiger partial charge in [0.1, 0.15) is 11.6 Å². The van der Waals surface area contributed by atoms with Crippen LogP contribution >= 0.6 is 0 Å². The molecule has 102 valence electrons. The fourth-order valence-corrected chi connectivity index (χ4v) is 1.86. The predicted octanol–water partition coefficient (Wildman–Crippen LogP) is 3.02. The van der Waals surface area contributed by atoms with Gasteiger partial charge >= 0.3 is 0 Å². The molecule has 3 nitrogen and oxygen atoms in total. The maximum Gasteiger partial charge on any atom is 0.126 e. The lowest BCUT2D eigenvalue weighted by atomic mass is 10.0. The van der Waals surface area contributed by atoms with Crippen LogP contribution in [0.2, 0.25) is 0 Å². The summed E-state index contributed by atoms with van der Waals surface area (Å²) in [5, 5.41) is 14.3. The van der Waals surface area contributed by atoms with E-state index in [0.717, 1.165) is 18.2 Å². The van der Waals surface area contributed by atoms with Crippen LogP contribution in [-0.2, 0) is 6.42 Å². The van der Waals surface area contributed by atoms with E-state index in [1.807, 2.05) is 20.0 Å². The zero-order chi connectivity index (χ0) is 14.0. The highest BCUT2D eigenvalue weighted by Gasteiger charge is 2.13. The van der Waals surface area contributed by atoms with Crippen LogP contribution < -0.4 is 0 Å². The average molecular weight is 266 g/mol. The van der Waals surface area contributed by atoms with E-state index >= 15 is 0 Å². The molecule has 1 aromatic carbocycles. The van der Waals surface area contributed by atoms with Gasteiger partial charge in [-0.15, -0.1) is 0 Å². The number of rotatable bonds is 4. The quantitative estimate of drug-likeness (QED) is 0.923. The first-order valence-electron chi connectivity index (χ1n) is 6.14. The van der Waals surface area contributed by atoms with Gasteiger partial charge in [-0.2, -0.15) is 5.10 Å². The Kier molecular flexibility index (Phi) is 3.95. The number of aliphatic hydroxyl groups excluding tert-OH is 1. The van der Waals surface area contributed by atoms with E-state index in [0.29, 0.717) is 5.69 Å². The molecule has 1 unspecified atom stereocenters. The Labute approximate surface area is 110 Å². The summed E-state index contributed by atoms with van der Waals surface area (Å²) >= 11 is 0. The summed E-state index contributed by atoms with van der Waals surface area (Å²) in [5.74, 6) is -1.39. The van der Waals surface area contributed by atoms with E-state index < -0.39 is 17.7 Å². The molecule has 0 saturated heterocycles. The Morgan fingerprint density at radius 1 is 1.21 bits per heavy atom. The fourth-order valence-electron chi connectivity index (χ4n) is 1.86. The van der Waals surface area contributed by atoms with Crippen molar-refractivity contribution < 1.29 is 13.9 Å². The molecule has 0 amide bonds. The first-order valence-corrected chi connectivity index (χ1v) is 6.14. The molecule has 1 N–H and O–H groups in total. The molecule has 0 aliphatic rings. The third-order valence-electron chi connectivity index (χ3n) is 2.86. The minimum atomic E-state index is -0.972. The van der Waals surface area contributed by atoms with Gasteiger partial charge < -0.3 is 5.11 Å². The zero-order valence-electron chi connectivity index (χ0n) is 10.8. The monoisotopic (exact) mass is 266 g/mol. The van der Waals surface area contributed by atoms with Crippen molar-refractivity contribution in [3.8, 4) is 0 Å². The molecule has 5 heteroatoms. The molecular formula is C14H16F2N2O. The smallest absolute Gasteiger partial charge is 0.126 e. The Hall–Kier alpha value is -1.75. The van der Waals surface area contributed by atoms with Crippen molar-refractivity contribution in [1.29, 1.82) is 0 Å². The number of nitrogens with zero attached hydrogens (tertiary/aromatic N) is 2. The van der Waals surface area contributed by atoms with Gasteiger partial charge in [-0.25, -0.2) is 8.78 Å². The number of benzene rings is 1. The standard InChI is InChI=1S/C14H16F2N2O/c1-9(2)18-4-3-13(17-18)8-14(19)10-5-11(15)7-12(16)6-10/h3-7,9,14,19H,8H2,1-2H3. The molecule has 1 aromatic heterocycles. The minimum Gasteiger partial charge on any atom is -0.388 e. The van der Waals surface area contributed by atoms with Gasteiger partial charge in [-0.1, -0.05) is 0 Å². The first kappa shape index (κ1) is 13.7. The second-order valence-corrected chi connectivity index (χ2v) is 4.80. The summed E-state index contributed by atoms with van der Waals surface area (Å²) < 4.78 is 27.9. The highest BCUT2D eigenvalue weighted by Crippen LogP contribution is 2.20. The Balaban J connectivity index is 2.13. The Morgan fingerprint density at radius 2 is 1.84 bits per heavy atom. The van der Waals surface area contributed by atoms with Crippen LogP contribution in [0.15, 0.2) is 30.5 Å². The number of hydrogen-bond donors (Lipinski definition) is 1. The molecule has 0 fully saturated rings. The first-order chi connectivity index (χ1) is 8.95. The average Bonchev–Trinajstić information content (AvgIpc) is 2.76. The topological polar surface area (TPSA) is 38.0 Å². The Bertz CT molecular complexity index is 546. The summed E-state index contributed by atoms with van der Waals surface area (Å²) in [6.07, 6.45) is 1.07. The second kappa shape index (κ2) is 5.48. The van der Waals surface area contributed by atoms with E-state index in [1.165, 1.54) is 0 Å². The highest BCUT2D eigenvalue weighted by atomic mass is 19.1. The normalized spacial score (nSPS) is 12.9. The molecule has 1 atom stereocenters. The Morgan fingerprint density at radius 3 is 2.37 bits per heavy atom. The second-order valence-electron chi connectivity index (χ2n) is 4.80. The van der Waals surface area contributed by atoms with Gasteiger partial charge in [-0.3, -0.25) is 4.68 Å². The van der Waals surface area contributed by atoms with Crippen LogP contribution in [0, 0.1) is 11.6 Å². The maximum absolute atomic E-state index is 13.1. The van der Waals surface area contributed by atoms with Crippen LogP contribution in [0.25, 0.3) is 0 Å². The van der Waals surface area contributed by atoms with Gasteiger partial charge in [0.05, 0.1) is 11.8 Å². The highest BCUT2D eigenvalue weighted by molar-refractivity contribution is 5.21. The van der Waals surface area contributed by atoms with Crippen molar-refractivity contribution in [2.75, 3.05) is 0 Å². The number of halogens is 2. The largest absolute Gasteiger partial charge is 0.388 e. The zero-order valence-corrected chi connectivity index (χ0v) is 10.8. The number of aliphatic hydroxyl groups is 1. The van der Waals surface area contributed by atoms with E-state index in [1.54, 1.807) is 10.7 Å². The van der Waals surface area contributed by atoms with Gasteiger partial charge in [0, 0.05) is 24.7 Å². The minimum absolute atomic E-state index is 0.219. The molecule has 19 heavy (non-hydrogen) atoms. The SMILES string of the molecule is CC(C)n1ccc(CC(O)c2cc(F)cc(F)c2)n1. The molecule has 0 spiro atoms. The van der Waals surface area contributed by atoms with Crippen molar-refractivity contribution in [2.45, 2.75) is 32.4 Å². The van der Waals surface area contributed by atoms with Crippen molar-refractivity contribution in [2.24, 2.45) is 0 Å². The van der Waals surface area contributed by atoms with Crippen LogP contribution in [0.5, 0.6) is 0 Å².